The molecule has 0 spiro atoms. The Bertz CT molecular complexity index is 1620. The minimum Gasteiger partial charge on any atom is -0.456 e. The number of hydrogen-bond acceptors (Lipinski definition) is 6. The predicted octanol–water partition coefficient (Wildman–Crippen LogP) is 6.83. The van der Waals surface area contributed by atoms with Gasteiger partial charge in [-0.3, -0.25) is 24.7 Å². The zero-order chi connectivity index (χ0) is 26.6. The summed E-state index contributed by atoms with van der Waals surface area (Å²) in [5.41, 5.74) is 3.65. The predicted molar refractivity (Wildman–Crippen MR) is 149 cm³/mol. The van der Waals surface area contributed by atoms with Crippen molar-refractivity contribution in [3.05, 3.63) is 96.7 Å². The van der Waals surface area contributed by atoms with Crippen LogP contribution >= 0.6 is 0 Å². The van der Waals surface area contributed by atoms with E-state index in [1.807, 2.05) is 54.6 Å². The van der Waals surface area contributed by atoms with Crippen LogP contribution in [0.4, 0.5) is 5.69 Å². The molecule has 3 heterocycles. The van der Waals surface area contributed by atoms with Crippen LogP contribution in [0.3, 0.4) is 0 Å². The Hall–Kier alpha value is -4.85. The van der Waals surface area contributed by atoms with Crippen LogP contribution in [0.1, 0.15) is 53.1 Å². The second-order valence-electron chi connectivity index (χ2n) is 9.82. The van der Waals surface area contributed by atoms with E-state index in [2.05, 4.69) is 25.5 Å². The third-order valence-electron chi connectivity index (χ3n) is 7.06. The highest BCUT2D eigenvalue weighted by Crippen LogP contribution is 2.30. The van der Waals surface area contributed by atoms with E-state index in [1.54, 1.807) is 24.5 Å². The van der Waals surface area contributed by atoms with Crippen LogP contribution in [0.25, 0.3) is 22.0 Å². The fourth-order valence-corrected chi connectivity index (χ4v) is 5.03. The molecular weight excluding hydrogens is 490 g/mol. The second-order valence-corrected chi connectivity index (χ2v) is 9.82. The standard InChI is InChI=1S/C31H27N5O3/c37-29(14-20-6-4-5-7-20)28-13-11-23(18-33-28)34-31(38)30-26-16-21(10-12-27(26)35-36-30)22-15-25(19-32-17-22)39-24-8-2-1-3-9-24/h1-3,8-13,15-20H,4-7,14H2,(H,34,38)(H,35,36). The lowest BCUT2D eigenvalue weighted by Gasteiger charge is -2.08. The first kappa shape index (κ1) is 24.5. The molecule has 2 N–H and O–H groups in total. The topological polar surface area (TPSA) is 110 Å². The van der Waals surface area contributed by atoms with E-state index in [4.69, 9.17) is 4.74 Å². The number of aromatic amines is 1. The molecule has 6 rings (SSSR count). The third kappa shape index (κ3) is 5.55. The van der Waals surface area contributed by atoms with Crippen LogP contribution in [0.2, 0.25) is 0 Å². The van der Waals surface area contributed by atoms with Gasteiger partial charge in [-0.2, -0.15) is 5.10 Å². The van der Waals surface area contributed by atoms with Crippen molar-refractivity contribution >= 4 is 28.3 Å². The number of fused-ring (bicyclic) bond motifs is 1. The normalized spacial score (nSPS) is 13.4. The van der Waals surface area contributed by atoms with E-state index >= 15 is 0 Å². The van der Waals surface area contributed by atoms with Gasteiger partial charge in [0.1, 0.15) is 17.2 Å². The van der Waals surface area contributed by atoms with Gasteiger partial charge >= 0.3 is 0 Å². The van der Waals surface area contributed by atoms with Crippen LogP contribution < -0.4 is 10.1 Å². The first-order chi connectivity index (χ1) is 19.1. The molecule has 5 aromatic rings. The fourth-order valence-electron chi connectivity index (χ4n) is 5.03. The van der Waals surface area contributed by atoms with Gasteiger partial charge in [-0.05, 0) is 53.9 Å². The SMILES string of the molecule is O=C(CC1CCCC1)c1ccc(NC(=O)c2n[nH]c3ccc(-c4cncc(Oc5ccccc5)c4)cc23)cn1. The zero-order valence-electron chi connectivity index (χ0n) is 21.3. The zero-order valence-corrected chi connectivity index (χ0v) is 21.3. The maximum atomic E-state index is 13.1. The highest BCUT2D eigenvalue weighted by atomic mass is 16.5. The summed E-state index contributed by atoms with van der Waals surface area (Å²) in [5.74, 6) is 1.48. The molecule has 1 fully saturated rings. The first-order valence-electron chi connectivity index (χ1n) is 13.1. The molecule has 39 heavy (non-hydrogen) atoms. The van der Waals surface area contributed by atoms with Gasteiger partial charge in [0.25, 0.3) is 5.91 Å². The minimum atomic E-state index is -0.371. The van der Waals surface area contributed by atoms with Crippen LogP contribution in [-0.2, 0) is 0 Å². The van der Waals surface area contributed by atoms with Gasteiger partial charge in [0, 0.05) is 23.6 Å². The number of carbonyl (C=O) groups excluding carboxylic acids is 2. The number of anilines is 1. The molecular formula is C31H27N5O3. The lowest BCUT2D eigenvalue weighted by molar-refractivity contribution is 0.0956. The van der Waals surface area contributed by atoms with Crippen molar-refractivity contribution < 1.29 is 14.3 Å². The van der Waals surface area contributed by atoms with Gasteiger partial charge in [-0.1, -0.05) is 49.9 Å². The molecule has 0 aliphatic heterocycles. The number of aromatic nitrogens is 4. The van der Waals surface area contributed by atoms with Gasteiger partial charge < -0.3 is 10.1 Å². The maximum absolute atomic E-state index is 13.1. The van der Waals surface area contributed by atoms with Crippen LogP contribution in [0, 0.1) is 5.92 Å². The Kier molecular flexibility index (Phi) is 6.82. The fraction of sp³-hybridized carbons (Fsp3) is 0.194. The average molecular weight is 518 g/mol. The molecule has 8 nitrogen and oxygen atoms in total. The molecule has 2 aromatic carbocycles. The molecule has 0 atom stereocenters. The van der Waals surface area contributed by atoms with Crippen molar-refractivity contribution in [2.75, 3.05) is 5.32 Å². The number of nitrogens with zero attached hydrogens (tertiary/aromatic N) is 3. The van der Waals surface area contributed by atoms with E-state index in [0.717, 1.165) is 35.2 Å². The molecule has 0 radical (unpaired) electrons. The van der Waals surface area contributed by atoms with Gasteiger partial charge in [0.15, 0.2) is 11.5 Å². The summed E-state index contributed by atoms with van der Waals surface area (Å²) < 4.78 is 5.93. The number of para-hydroxylation sites is 1. The number of nitrogens with one attached hydrogen (secondary N) is 2. The molecule has 1 aliphatic carbocycles. The van der Waals surface area contributed by atoms with Crippen LogP contribution in [-0.4, -0.2) is 31.9 Å². The minimum absolute atomic E-state index is 0.0540. The van der Waals surface area contributed by atoms with Crippen LogP contribution in [0.5, 0.6) is 11.5 Å². The van der Waals surface area contributed by atoms with Crippen molar-refractivity contribution in [2.24, 2.45) is 5.92 Å². The molecule has 0 unspecified atom stereocenters. The smallest absolute Gasteiger partial charge is 0.276 e. The van der Waals surface area contributed by atoms with Crippen molar-refractivity contribution in [2.45, 2.75) is 32.1 Å². The molecule has 1 saturated carbocycles. The Labute approximate surface area is 225 Å². The van der Waals surface area contributed by atoms with E-state index < -0.39 is 0 Å². The number of pyridine rings is 2. The summed E-state index contributed by atoms with van der Waals surface area (Å²) in [6.07, 6.45) is 10.1. The number of Topliss-reactive ketones (excluding diaryl/α,β-unsaturated/α-hetero) is 1. The third-order valence-corrected chi connectivity index (χ3v) is 7.06. The number of H-pyrrole nitrogens is 1. The number of amides is 1. The Balaban J connectivity index is 1.18. The molecule has 0 bridgehead atoms. The largest absolute Gasteiger partial charge is 0.456 e. The lowest BCUT2D eigenvalue weighted by Crippen LogP contribution is -2.14. The number of benzene rings is 2. The molecule has 3 aromatic heterocycles. The number of hydrogen-bond donors (Lipinski definition) is 2. The van der Waals surface area contributed by atoms with E-state index in [-0.39, 0.29) is 17.4 Å². The van der Waals surface area contributed by atoms with Gasteiger partial charge in [-0.25, -0.2) is 0 Å². The maximum Gasteiger partial charge on any atom is 0.276 e. The summed E-state index contributed by atoms with van der Waals surface area (Å²) in [7, 11) is 0. The van der Waals surface area contributed by atoms with Gasteiger partial charge in [-0.15, -0.1) is 0 Å². The van der Waals surface area contributed by atoms with Crippen molar-refractivity contribution in [1.82, 2.24) is 20.2 Å². The highest BCUT2D eigenvalue weighted by molar-refractivity contribution is 6.11. The average Bonchev–Trinajstić information content (AvgIpc) is 3.64. The van der Waals surface area contributed by atoms with Gasteiger partial charge in [0.2, 0.25) is 0 Å². The Morgan fingerprint density at radius 2 is 1.74 bits per heavy atom. The number of rotatable bonds is 8. The monoisotopic (exact) mass is 517 g/mol. The first-order valence-corrected chi connectivity index (χ1v) is 13.1. The van der Waals surface area contributed by atoms with E-state index in [9.17, 15) is 9.59 Å². The number of carbonyl (C=O) groups is 2. The molecule has 1 amide bonds. The molecule has 194 valence electrons. The van der Waals surface area contributed by atoms with Gasteiger partial charge in [0.05, 0.1) is 23.6 Å². The van der Waals surface area contributed by atoms with Crippen molar-refractivity contribution in [1.29, 1.82) is 0 Å². The Morgan fingerprint density at radius 1 is 0.897 bits per heavy atom. The lowest BCUT2D eigenvalue weighted by atomic mass is 9.99. The van der Waals surface area contributed by atoms with Crippen LogP contribution in [0.15, 0.2) is 85.3 Å². The summed E-state index contributed by atoms with van der Waals surface area (Å²) in [5, 5.41) is 10.7. The summed E-state index contributed by atoms with van der Waals surface area (Å²) >= 11 is 0. The molecule has 1 aliphatic rings. The van der Waals surface area contributed by atoms with E-state index in [1.165, 1.54) is 19.0 Å². The second kappa shape index (κ2) is 10.9. The number of ketones is 1. The summed E-state index contributed by atoms with van der Waals surface area (Å²) in [6, 6.07) is 20.5. The number of ether oxygens (including phenoxy) is 1. The van der Waals surface area contributed by atoms with E-state index in [0.29, 0.717) is 34.9 Å². The Morgan fingerprint density at radius 3 is 2.54 bits per heavy atom. The summed E-state index contributed by atoms with van der Waals surface area (Å²) in [6.45, 7) is 0. The van der Waals surface area contributed by atoms with Crippen molar-refractivity contribution in [3.63, 3.8) is 0 Å². The quantitative estimate of drug-likeness (QED) is 0.218. The molecule has 8 heteroatoms. The molecule has 0 saturated heterocycles. The highest BCUT2D eigenvalue weighted by Gasteiger charge is 2.20. The summed E-state index contributed by atoms with van der Waals surface area (Å²) in [4.78, 5) is 34.3. The van der Waals surface area contributed by atoms with Crippen molar-refractivity contribution in [3.8, 4) is 22.6 Å².